The average molecular weight is 289 g/mol. The third kappa shape index (κ3) is 4.20. The maximum absolute atomic E-state index is 11.6. The van der Waals surface area contributed by atoms with Crippen LogP contribution in [0.2, 0.25) is 0 Å². The lowest BCUT2D eigenvalue weighted by Crippen LogP contribution is -2.28. The van der Waals surface area contributed by atoms with Gasteiger partial charge in [-0.05, 0) is 42.6 Å². The van der Waals surface area contributed by atoms with Crippen LogP contribution in [-0.4, -0.2) is 18.3 Å². The summed E-state index contributed by atoms with van der Waals surface area (Å²) in [6, 6.07) is 10.6. The van der Waals surface area contributed by atoms with Gasteiger partial charge in [0.2, 0.25) is 0 Å². The Kier molecular flexibility index (Phi) is 4.90. The molecule has 0 spiro atoms. The minimum absolute atomic E-state index is 0.00485. The van der Waals surface area contributed by atoms with Crippen LogP contribution in [0.1, 0.15) is 22.2 Å². The fourth-order valence-corrected chi connectivity index (χ4v) is 2.23. The van der Waals surface area contributed by atoms with Crippen LogP contribution in [0.4, 0.5) is 0 Å². The number of carbonyl (C=O) groups is 2. The van der Waals surface area contributed by atoms with E-state index in [4.69, 9.17) is 4.74 Å². The van der Waals surface area contributed by atoms with E-state index >= 15 is 0 Å². The highest BCUT2D eigenvalue weighted by Crippen LogP contribution is 2.12. The Morgan fingerprint density at radius 2 is 1.95 bits per heavy atom. The molecule has 2 rings (SSSR count). The standard InChI is InChI=1S/C15H15NO3S/c1-11(17)12-4-6-13(7-5-12)19-10-15(18)16-9-14-3-2-8-20-14/h2-8H,9-10H2,1H3,(H,16,18). The molecule has 1 heterocycles. The fraction of sp³-hybridized carbons (Fsp3) is 0.200. The fourth-order valence-electron chi connectivity index (χ4n) is 1.58. The highest BCUT2D eigenvalue weighted by Gasteiger charge is 2.04. The zero-order valence-electron chi connectivity index (χ0n) is 11.1. The van der Waals surface area contributed by atoms with E-state index < -0.39 is 0 Å². The number of Topliss-reactive ketones (excluding diaryl/α,β-unsaturated/α-hetero) is 1. The number of hydrogen-bond acceptors (Lipinski definition) is 4. The number of ether oxygens (including phenoxy) is 1. The number of amides is 1. The smallest absolute Gasteiger partial charge is 0.258 e. The molecule has 1 aromatic carbocycles. The van der Waals surface area contributed by atoms with Crippen molar-refractivity contribution < 1.29 is 14.3 Å². The Balaban J connectivity index is 1.76. The van der Waals surface area contributed by atoms with Crippen LogP contribution in [0.25, 0.3) is 0 Å². The van der Waals surface area contributed by atoms with E-state index in [0.29, 0.717) is 17.9 Å². The summed E-state index contributed by atoms with van der Waals surface area (Å²) < 4.78 is 5.35. The number of ketones is 1. The summed E-state index contributed by atoms with van der Waals surface area (Å²) in [5.41, 5.74) is 0.625. The average Bonchev–Trinajstić information content (AvgIpc) is 2.96. The van der Waals surface area contributed by atoms with Crippen molar-refractivity contribution >= 4 is 23.0 Å². The van der Waals surface area contributed by atoms with Gasteiger partial charge in [0, 0.05) is 10.4 Å². The van der Waals surface area contributed by atoms with Crippen molar-refractivity contribution in [3.63, 3.8) is 0 Å². The maximum Gasteiger partial charge on any atom is 0.258 e. The van der Waals surface area contributed by atoms with Crippen molar-refractivity contribution in [3.8, 4) is 5.75 Å². The van der Waals surface area contributed by atoms with Gasteiger partial charge < -0.3 is 10.1 Å². The second kappa shape index (κ2) is 6.86. The molecule has 0 radical (unpaired) electrons. The van der Waals surface area contributed by atoms with Crippen molar-refractivity contribution in [3.05, 3.63) is 52.2 Å². The Morgan fingerprint density at radius 1 is 1.20 bits per heavy atom. The summed E-state index contributed by atoms with van der Waals surface area (Å²) >= 11 is 1.60. The van der Waals surface area contributed by atoms with Gasteiger partial charge in [-0.2, -0.15) is 0 Å². The van der Waals surface area contributed by atoms with E-state index in [1.807, 2.05) is 17.5 Å². The van der Waals surface area contributed by atoms with Crippen molar-refractivity contribution in [2.24, 2.45) is 0 Å². The lowest BCUT2D eigenvalue weighted by molar-refractivity contribution is -0.123. The van der Waals surface area contributed by atoms with Crippen LogP contribution in [0.5, 0.6) is 5.75 Å². The van der Waals surface area contributed by atoms with Crippen LogP contribution < -0.4 is 10.1 Å². The zero-order chi connectivity index (χ0) is 14.4. The number of rotatable bonds is 6. The lowest BCUT2D eigenvalue weighted by atomic mass is 10.1. The molecule has 1 amide bonds. The summed E-state index contributed by atoms with van der Waals surface area (Å²) in [5.74, 6) is 0.403. The molecule has 0 atom stereocenters. The van der Waals surface area contributed by atoms with Gasteiger partial charge in [-0.1, -0.05) is 6.07 Å². The molecule has 5 heteroatoms. The van der Waals surface area contributed by atoms with Crippen LogP contribution >= 0.6 is 11.3 Å². The minimum atomic E-state index is -0.172. The Hall–Kier alpha value is -2.14. The topological polar surface area (TPSA) is 55.4 Å². The number of benzene rings is 1. The second-order valence-electron chi connectivity index (χ2n) is 4.23. The van der Waals surface area contributed by atoms with Crippen LogP contribution in [0.15, 0.2) is 41.8 Å². The summed E-state index contributed by atoms with van der Waals surface area (Å²) in [5, 5.41) is 4.74. The van der Waals surface area contributed by atoms with Crippen molar-refractivity contribution in [1.29, 1.82) is 0 Å². The lowest BCUT2D eigenvalue weighted by Gasteiger charge is -2.07. The Morgan fingerprint density at radius 3 is 2.55 bits per heavy atom. The van der Waals surface area contributed by atoms with Crippen molar-refractivity contribution in [2.75, 3.05) is 6.61 Å². The molecule has 4 nitrogen and oxygen atoms in total. The van der Waals surface area contributed by atoms with E-state index in [-0.39, 0.29) is 18.3 Å². The van der Waals surface area contributed by atoms with E-state index in [1.165, 1.54) is 6.92 Å². The van der Waals surface area contributed by atoms with Crippen molar-refractivity contribution in [2.45, 2.75) is 13.5 Å². The number of hydrogen-bond donors (Lipinski definition) is 1. The molecule has 1 aromatic heterocycles. The first kappa shape index (κ1) is 14.3. The first-order chi connectivity index (χ1) is 9.65. The van der Waals surface area contributed by atoms with Crippen LogP contribution in [-0.2, 0) is 11.3 Å². The largest absolute Gasteiger partial charge is 0.484 e. The molecule has 0 unspecified atom stereocenters. The van der Waals surface area contributed by atoms with E-state index in [2.05, 4.69) is 5.32 Å². The van der Waals surface area contributed by atoms with Crippen LogP contribution in [0.3, 0.4) is 0 Å². The molecule has 2 aromatic rings. The molecule has 0 saturated carbocycles. The van der Waals surface area contributed by atoms with Crippen molar-refractivity contribution in [1.82, 2.24) is 5.32 Å². The Bertz CT molecular complexity index is 576. The molecule has 0 aliphatic rings. The van der Waals surface area contributed by atoms with Crippen LogP contribution in [0, 0.1) is 0 Å². The molecule has 0 aliphatic heterocycles. The van der Waals surface area contributed by atoms with Gasteiger partial charge in [0.15, 0.2) is 12.4 Å². The molecular formula is C15H15NO3S. The predicted molar refractivity (Wildman–Crippen MR) is 78.1 cm³/mol. The van der Waals surface area contributed by atoms with Gasteiger partial charge in [0.05, 0.1) is 6.54 Å². The highest BCUT2D eigenvalue weighted by molar-refractivity contribution is 7.09. The van der Waals surface area contributed by atoms with Gasteiger partial charge in [0.1, 0.15) is 5.75 Å². The minimum Gasteiger partial charge on any atom is -0.484 e. The molecule has 0 saturated heterocycles. The van der Waals surface area contributed by atoms with E-state index in [9.17, 15) is 9.59 Å². The monoisotopic (exact) mass is 289 g/mol. The molecule has 0 fully saturated rings. The molecular weight excluding hydrogens is 274 g/mol. The molecule has 20 heavy (non-hydrogen) atoms. The first-order valence-corrected chi connectivity index (χ1v) is 7.06. The van der Waals surface area contributed by atoms with Gasteiger partial charge in [-0.25, -0.2) is 0 Å². The number of carbonyl (C=O) groups excluding carboxylic acids is 2. The van der Waals surface area contributed by atoms with E-state index in [1.54, 1.807) is 35.6 Å². The van der Waals surface area contributed by atoms with Gasteiger partial charge in [-0.15, -0.1) is 11.3 Å². The van der Waals surface area contributed by atoms with E-state index in [0.717, 1.165) is 4.88 Å². The normalized spacial score (nSPS) is 10.1. The number of thiophene rings is 1. The molecule has 104 valence electrons. The summed E-state index contributed by atoms with van der Waals surface area (Å²) in [6.07, 6.45) is 0. The molecule has 1 N–H and O–H groups in total. The summed E-state index contributed by atoms with van der Waals surface area (Å²) in [4.78, 5) is 23.8. The zero-order valence-corrected chi connectivity index (χ0v) is 11.9. The second-order valence-corrected chi connectivity index (χ2v) is 5.26. The quantitative estimate of drug-likeness (QED) is 0.832. The summed E-state index contributed by atoms with van der Waals surface area (Å²) in [7, 11) is 0. The SMILES string of the molecule is CC(=O)c1ccc(OCC(=O)NCc2cccs2)cc1. The maximum atomic E-state index is 11.6. The van der Waals surface area contributed by atoms with Gasteiger partial charge in [0.25, 0.3) is 5.91 Å². The number of nitrogens with one attached hydrogen (secondary N) is 1. The highest BCUT2D eigenvalue weighted by atomic mass is 32.1. The Labute approximate surface area is 121 Å². The van der Waals surface area contributed by atoms with Gasteiger partial charge in [-0.3, -0.25) is 9.59 Å². The molecule has 0 bridgehead atoms. The first-order valence-electron chi connectivity index (χ1n) is 6.18. The third-order valence-electron chi connectivity index (χ3n) is 2.67. The summed E-state index contributed by atoms with van der Waals surface area (Å²) in [6.45, 7) is 1.99. The predicted octanol–water partition coefficient (Wildman–Crippen LogP) is 2.65. The van der Waals surface area contributed by atoms with Gasteiger partial charge >= 0.3 is 0 Å². The third-order valence-corrected chi connectivity index (χ3v) is 3.55. The molecule has 0 aliphatic carbocycles.